The van der Waals surface area contributed by atoms with Crippen molar-refractivity contribution in [1.29, 1.82) is 0 Å². The Morgan fingerprint density at radius 3 is 2.95 bits per heavy atom. The quantitative estimate of drug-likeness (QED) is 0.665. The standard InChI is InChI=1S/C15H17N3O2/c1-18-8-4-6-13(18)10-15(19)17-16-11-12-5-3-7-14(9-12)20-2/h3-9,11H,10H2,1-2H3,(H,17,19)/b16-11+. The fourth-order valence-electron chi connectivity index (χ4n) is 1.78. The van der Waals surface area contributed by atoms with Crippen molar-refractivity contribution < 1.29 is 9.53 Å². The molecule has 5 heteroatoms. The second-order valence-electron chi connectivity index (χ2n) is 4.36. The molecule has 104 valence electrons. The Hall–Kier alpha value is -2.56. The van der Waals surface area contributed by atoms with Gasteiger partial charge in [-0.15, -0.1) is 0 Å². The van der Waals surface area contributed by atoms with Gasteiger partial charge in [-0.25, -0.2) is 5.43 Å². The maximum Gasteiger partial charge on any atom is 0.245 e. The zero-order valence-corrected chi connectivity index (χ0v) is 11.5. The maximum atomic E-state index is 11.7. The number of methoxy groups -OCH3 is 1. The topological polar surface area (TPSA) is 55.6 Å². The number of ether oxygens (including phenoxy) is 1. The van der Waals surface area contributed by atoms with Gasteiger partial charge in [0, 0.05) is 18.9 Å². The van der Waals surface area contributed by atoms with Crippen LogP contribution in [-0.4, -0.2) is 23.8 Å². The monoisotopic (exact) mass is 271 g/mol. The lowest BCUT2D eigenvalue weighted by Gasteiger charge is -2.02. The largest absolute Gasteiger partial charge is 0.497 e. The van der Waals surface area contributed by atoms with Crippen LogP contribution in [-0.2, 0) is 18.3 Å². The van der Waals surface area contributed by atoms with E-state index in [0.717, 1.165) is 17.0 Å². The molecule has 0 spiro atoms. The highest BCUT2D eigenvalue weighted by Crippen LogP contribution is 2.10. The van der Waals surface area contributed by atoms with Crippen LogP contribution in [0.15, 0.2) is 47.7 Å². The summed E-state index contributed by atoms with van der Waals surface area (Å²) in [4.78, 5) is 11.7. The number of hydrazone groups is 1. The summed E-state index contributed by atoms with van der Waals surface area (Å²) in [6.45, 7) is 0. The summed E-state index contributed by atoms with van der Waals surface area (Å²) < 4.78 is 7.02. The van der Waals surface area contributed by atoms with Crippen LogP contribution in [0.2, 0.25) is 0 Å². The van der Waals surface area contributed by atoms with Crippen molar-refractivity contribution in [1.82, 2.24) is 9.99 Å². The number of aryl methyl sites for hydroxylation is 1. The molecule has 0 aliphatic heterocycles. The van der Waals surface area contributed by atoms with E-state index in [-0.39, 0.29) is 5.91 Å². The Morgan fingerprint density at radius 2 is 2.25 bits per heavy atom. The third kappa shape index (κ3) is 3.71. The third-order valence-corrected chi connectivity index (χ3v) is 2.89. The van der Waals surface area contributed by atoms with E-state index in [9.17, 15) is 4.79 Å². The molecule has 2 aromatic rings. The second-order valence-corrected chi connectivity index (χ2v) is 4.36. The molecule has 0 saturated carbocycles. The van der Waals surface area contributed by atoms with Gasteiger partial charge in [0.2, 0.25) is 5.91 Å². The fraction of sp³-hybridized carbons (Fsp3) is 0.200. The van der Waals surface area contributed by atoms with Gasteiger partial charge in [0.1, 0.15) is 5.75 Å². The smallest absolute Gasteiger partial charge is 0.245 e. The first kappa shape index (κ1) is 13.9. The molecule has 0 saturated heterocycles. The highest BCUT2D eigenvalue weighted by molar-refractivity contribution is 5.83. The summed E-state index contributed by atoms with van der Waals surface area (Å²) in [6, 6.07) is 11.3. The first-order valence-electron chi connectivity index (χ1n) is 6.25. The molecule has 0 aliphatic rings. The minimum absolute atomic E-state index is 0.147. The van der Waals surface area contributed by atoms with Gasteiger partial charge in [-0.05, 0) is 29.8 Å². The molecule has 1 N–H and O–H groups in total. The zero-order valence-electron chi connectivity index (χ0n) is 11.5. The Kier molecular flexibility index (Phi) is 4.55. The number of rotatable bonds is 5. The second kappa shape index (κ2) is 6.56. The van der Waals surface area contributed by atoms with Crippen LogP contribution in [0.25, 0.3) is 0 Å². The van der Waals surface area contributed by atoms with Crippen molar-refractivity contribution >= 4 is 12.1 Å². The zero-order chi connectivity index (χ0) is 14.4. The molecule has 5 nitrogen and oxygen atoms in total. The number of amides is 1. The van der Waals surface area contributed by atoms with E-state index < -0.39 is 0 Å². The predicted molar refractivity (Wildman–Crippen MR) is 77.8 cm³/mol. The van der Waals surface area contributed by atoms with Crippen molar-refractivity contribution in [3.05, 3.63) is 53.9 Å². The van der Waals surface area contributed by atoms with Crippen LogP contribution >= 0.6 is 0 Å². The lowest BCUT2D eigenvalue weighted by atomic mass is 10.2. The highest BCUT2D eigenvalue weighted by atomic mass is 16.5. The van der Waals surface area contributed by atoms with Crippen LogP contribution in [0, 0.1) is 0 Å². The van der Waals surface area contributed by atoms with E-state index in [4.69, 9.17) is 4.74 Å². The van der Waals surface area contributed by atoms with Crippen molar-refractivity contribution in [3.8, 4) is 5.75 Å². The van der Waals surface area contributed by atoms with E-state index >= 15 is 0 Å². The maximum absolute atomic E-state index is 11.7. The molecule has 0 radical (unpaired) electrons. The molecular formula is C15H17N3O2. The molecule has 2 rings (SSSR count). The van der Waals surface area contributed by atoms with Gasteiger partial charge in [-0.3, -0.25) is 4.79 Å². The van der Waals surface area contributed by atoms with E-state index in [2.05, 4.69) is 10.5 Å². The third-order valence-electron chi connectivity index (χ3n) is 2.89. The number of benzene rings is 1. The summed E-state index contributed by atoms with van der Waals surface area (Å²) in [5, 5.41) is 3.94. The number of nitrogens with one attached hydrogen (secondary N) is 1. The number of carbonyl (C=O) groups is 1. The van der Waals surface area contributed by atoms with Crippen LogP contribution in [0.3, 0.4) is 0 Å². The lowest BCUT2D eigenvalue weighted by Crippen LogP contribution is -2.20. The Labute approximate surface area is 117 Å². The van der Waals surface area contributed by atoms with Gasteiger partial charge in [-0.1, -0.05) is 12.1 Å². The van der Waals surface area contributed by atoms with Crippen LogP contribution < -0.4 is 10.2 Å². The molecule has 1 aromatic heterocycles. The number of nitrogens with zero attached hydrogens (tertiary/aromatic N) is 2. The summed E-state index contributed by atoms with van der Waals surface area (Å²) >= 11 is 0. The minimum atomic E-state index is -0.147. The Bertz CT molecular complexity index is 617. The van der Waals surface area contributed by atoms with E-state index in [1.807, 2.05) is 54.2 Å². The van der Waals surface area contributed by atoms with E-state index in [0.29, 0.717) is 6.42 Å². The number of carbonyl (C=O) groups excluding carboxylic acids is 1. The van der Waals surface area contributed by atoms with Crippen molar-refractivity contribution in [3.63, 3.8) is 0 Å². The molecule has 1 aromatic carbocycles. The summed E-state index contributed by atoms with van der Waals surface area (Å²) in [7, 11) is 3.51. The van der Waals surface area contributed by atoms with Gasteiger partial charge in [0.15, 0.2) is 0 Å². The normalized spacial score (nSPS) is 10.7. The van der Waals surface area contributed by atoms with E-state index in [1.54, 1.807) is 13.3 Å². The molecule has 0 atom stereocenters. The molecule has 20 heavy (non-hydrogen) atoms. The minimum Gasteiger partial charge on any atom is -0.497 e. The van der Waals surface area contributed by atoms with Gasteiger partial charge in [-0.2, -0.15) is 5.10 Å². The molecule has 0 unspecified atom stereocenters. The van der Waals surface area contributed by atoms with Crippen molar-refractivity contribution in [2.75, 3.05) is 7.11 Å². The first-order valence-corrected chi connectivity index (χ1v) is 6.25. The number of hydrogen-bond acceptors (Lipinski definition) is 3. The molecular weight excluding hydrogens is 254 g/mol. The van der Waals surface area contributed by atoms with Gasteiger partial charge in [0.25, 0.3) is 0 Å². The molecule has 0 bridgehead atoms. The summed E-state index contributed by atoms with van der Waals surface area (Å²) in [5.41, 5.74) is 4.32. The molecule has 1 amide bonds. The fourth-order valence-corrected chi connectivity index (χ4v) is 1.78. The van der Waals surface area contributed by atoms with Gasteiger partial charge in [0.05, 0.1) is 19.7 Å². The van der Waals surface area contributed by atoms with Crippen LogP contribution in [0.5, 0.6) is 5.75 Å². The summed E-state index contributed by atoms with van der Waals surface area (Å²) in [6.07, 6.45) is 3.80. The average molecular weight is 271 g/mol. The summed E-state index contributed by atoms with van der Waals surface area (Å²) in [5.74, 6) is 0.607. The number of hydrogen-bond donors (Lipinski definition) is 1. The van der Waals surface area contributed by atoms with Crippen LogP contribution in [0.1, 0.15) is 11.3 Å². The highest BCUT2D eigenvalue weighted by Gasteiger charge is 2.04. The van der Waals surface area contributed by atoms with Gasteiger partial charge >= 0.3 is 0 Å². The Balaban J connectivity index is 1.89. The predicted octanol–water partition coefficient (Wildman–Crippen LogP) is 1.73. The molecule has 0 fully saturated rings. The number of aromatic nitrogens is 1. The SMILES string of the molecule is COc1cccc(/C=N/NC(=O)Cc2cccn2C)c1. The average Bonchev–Trinajstić information content (AvgIpc) is 2.84. The molecule has 1 heterocycles. The Morgan fingerprint density at radius 1 is 1.40 bits per heavy atom. The van der Waals surface area contributed by atoms with Crippen molar-refractivity contribution in [2.24, 2.45) is 12.1 Å². The molecule has 0 aliphatic carbocycles. The van der Waals surface area contributed by atoms with Gasteiger partial charge < -0.3 is 9.30 Å². The lowest BCUT2D eigenvalue weighted by molar-refractivity contribution is -0.120. The van der Waals surface area contributed by atoms with E-state index in [1.165, 1.54) is 0 Å². The van der Waals surface area contributed by atoms with Crippen molar-refractivity contribution in [2.45, 2.75) is 6.42 Å². The first-order chi connectivity index (χ1) is 9.69. The van der Waals surface area contributed by atoms with Crippen LogP contribution in [0.4, 0.5) is 0 Å².